The molecule has 0 radical (unpaired) electrons. The standard InChI is InChI=1S/C17H23ClN2O4S/c1-19-16(21)12-25(23,24)15-7-9-20(10-8-15)17(22)6-5-13-3-2-4-14(18)11-13/h2-4,11,15H,5-10,12H2,1H3,(H,19,21). The first-order chi connectivity index (χ1) is 11.8. The van der Waals surface area contributed by atoms with Gasteiger partial charge in [0.15, 0.2) is 9.84 Å². The van der Waals surface area contributed by atoms with Crippen LogP contribution >= 0.6 is 11.6 Å². The van der Waals surface area contributed by atoms with Crippen LogP contribution in [0.2, 0.25) is 5.02 Å². The first-order valence-electron chi connectivity index (χ1n) is 8.26. The van der Waals surface area contributed by atoms with Crippen LogP contribution in [0.3, 0.4) is 0 Å². The van der Waals surface area contributed by atoms with Crippen molar-refractivity contribution in [1.82, 2.24) is 10.2 Å². The van der Waals surface area contributed by atoms with E-state index in [0.717, 1.165) is 5.56 Å². The number of amides is 2. The molecule has 0 aliphatic carbocycles. The van der Waals surface area contributed by atoms with Crippen LogP contribution < -0.4 is 5.32 Å². The van der Waals surface area contributed by atoms with E-state index in [1.54, 1.807) is 11.0 Å². The number of nitrogens with one attached hydrogen (secondary N) is 1. The van der Waals surface area contributed by atoms with Crippen LogP contribution in [0.5, 0.6) is 0 Å². The zero-order valence-corrected chi connectivity index (χ0v) is 15.8. The number of piperidine rings is 1. The Bertz CT molecular complexity index is 728. The van der Waals surface area contributed by atoms with Gasteiger partial charge in [0.2, 0.25) is 11.8 Å². The molecule has 0 saturated carbocycles. The van der Waals surface area contributed by atoms with E-state index in [9.17, 15) is 18.0 Å². The van der Waals surface area contributed by atoms with Crippen molar-refractivity contribution in [3.8, 4) is 0 Å². The fraction of sp³-hybridized carbons (Fsp3) is 0.529. The maximum absolute atomic E-state index is 12.3. The summed E-state index contributed by atoms with van der Waals surface area (Å²) in [6.07, 6.45) is 1.73. The molecular weight excluding hydrogens is 364 g/mol. The first-order valence-corrected chi connectivity index (χ1v) is 10.4. The number of hydrogen-bond acceptors (Lipinski definition) is 4. The molecule has 8 heteroatoms. The van der Waals surface area contributed by atoms with Gasteiger partial charge in [-0.3, -0.25) is 9.59 Å². The van der Waals surface area contributed by atoms with E-state index in [0.29, 0.717) is 43.8 Å². The predicted octanol–water partition coefficient (Wildman–Crippen LogP) is 1.42. The van der Waals surface area contributed by atoms with Crippen LogP contribution in [0.25, 0.3) is 0 Å². The lowest BCUT2D eigenvalue weighted by molar-refractivity contribution is -0.132. The Labute approximate surface area is 153 Å². The van der Waals surface area contributed by atoms with Crippen LogP contribution in [-0.4, -0.2) is 56.3 Å². The monoisotopic (exact) mass is 386 g/mol. The number of likely N-dealkylation sites (tertiary alicyclic amines) is 1. The van der Waals surface area contributed by atoms with Gasteiger partial charge in [-0.25, -0.2) is 8.42 Å². The lowest BCUT2D eigenvalue weighted by Crippen LogP contribution is -2.44. The van der Waals surface area contributed by atoms with Crippen molar-refractivity contribution in [2.75, 3.05) is 25.9 Å². The molecule has 138 valence electrons. The SMILES string of the molecule is CNC(=O)CS(=O)(=O)C1CCN(C(=O)CCc2cccc(Cl)c2)CC1. The van der Waals surface area contributed by atoms with Crippen molar-refractivity contribution in [3.63, 3.8) is 0 Å². The fourth-order valence-corrected chi connectivity index (χ4v) is 4.83. The Hall–Kier alpha value is -1.60. The van der Waals surface area contributed by atoms with Gasteiger partial charge in [0.05, 0.1) is 5.25 Å². The van der Waals surface area contributed by atoms with Gasteiger partial charge in [0.1, 0.15) is 5.75 Å². The number of carbonyl (C=O) groups excluding carboxylic acids is 2. The topological polar surface area (TPSA) is 83.6 Å². The minimum atomic E-state index is -3.47. The Morgan fingerprint density at radius 1 is 1.28 bits per heavy atom. The lowest BCUT2D eigenvalue weighted by atomic mass is 10.1. The van der Waals surface area contributed by atoms with E-state index < -0.39 is 26.7 Å². The molecule has 1 heterocycles. The summed E-state index contributed by atoms with van der Waals surface area (Å²) in [4.78, 5) is 25.3. The number of aryl methyl sites for hydroxylation is 1. The summed E-state index contributed by atoms with van der Waals surface area (Å²) in [5.74, 6) is -0.973. The minimum absolute atomic E-state index is 0.0159. The molecule has 25 heavy (non-hydrogen) atoms. The van der Waals surface area contributed by atoms with Crippen LogP contribution in [0.15, 0.2) is 24.3 Å². The van der Waals surface area contributed by atoms with Crippen LogP contribution in [0.1, 0.15) is 24.8 Å². The molecule has 1 aromatic rings. The predicted molar refractivity (Wildman–Crippen MR) is 97.2 cm³/mol. The second-order valence-electron chi connectivity index (χ2n) is 6.19. The maximum atomic E-state index is 12.3. The van der Waals surface area contributed by atoms with E-state index in [4.69, 9.17) is 11.6 Å². The van der Waals surface area contributed by atoms with Crippen molar-refractivity contribution >= 4 is 33.3 Å². The van der Waals surface area contributed by atoms with Crippen molar-refractivity contribution in [2.45, 2.75) is 30.9 Å². The molecule has 0 spiro atoms. The Morgan fingerprint density at radius 2 is 1.96 bits per heavy atom. The molecule has 0 aromatic heterocycles. The van der Waals surface area contributed by atoms with Crippen molar-refractivity contribution in [1.29, 1.82) is 0 Å². The molecule has 1 aliphatic rings. The van der Waals surface area contributed by atoms with E-state index in [1.807, 2.05) is 18.2 Å². The molecule has 2 rings (SSSR count). The number of sulfone groups is 1. The largest absolute Gasteiger partial charge is 0.358 e. The third-order valence-electron chi connectivity index (χ3n) is 4.43. The van der Waals surface area contributed by atoms with Crippen LogP contribution in [-0.2, 0) is 25.8 Å². The third-order valence-corrected chi connectivity index (χ3v) is 6.82. The second kappa shape index (κ2) is 8.67. The van der Waals surface area contributed by atoms with Crippen molar-refractivity contribution in [3.05, 3.63) is 34.9 Å². The smallest absolute Gasteiger partial charge is 0.234 e. The van der Waals surface area contributed by atoms with Crippen LogP contribution in [0.4, 0.5) is 0 Å². The van der Waals surface area contributed by atoms with Gasteiger partial charge in [-0.1, -0.05) is 23.7 Å². The lowest BCUT2D eigenvalue weighted by Gasteiger charge is -2.31. The van der Waals surface area contributed by atoms with Gasteiger partial charge in [0.25, 0.3) is 0 Å². The molecule has 0 unspecified atom stereocenters. The fourth-order valence-electron chi connectivity index (χ4n) is 2.94. The Balaban J connectivity index is 1.83. The average Bonchev–Trinajstić information content (AvgIpc) is 2.59. The summed E-state index contributed by atoms with van der Waals surface area (Å²) in [5, 5.41) is 2.42. The minimum Gasteiger partial charge on any atom is -0.358 e. The highest BCUT2D eigenvalue weighted by Crippen LogP contribution is 2.20. The summed E-state index contributed by atoms with van der Waals surface area (Å²) in [5.41, 5.74) is 1.00. The highest BCUT2D eigenvalue weighted by atomic mass is 35.5. The summed E-state index contributed by atoms with van der Waals surface area (Å²) in [6.45, 7) is 0.817. The summed E-state index contributed by atoms with van der Waals surface area (Å²) < 4.78 is 24.4. The number of carbonyl (C=O) groups is 2. The van der Waals surface area contributed by atoms with Gasteiger partial charge in [-0.15, -0.1) is 0 Å². The maximum Gasteiger partial charge on any atom is 0.234 e. The molecule has 1 N–H and O–H groups in total. The van der Waals surface area contributed by atoms with Gasteiger partial charge in [0, 0.05) is 31.6 Å². The molecule has 2 amide bonds. The Morgan fingerprint density at radius 3 is 2.56 bits per heavy atom. The quantitative estimate of drug-likeness (QED) is 0.801. The number of hydrogen-bond donors (Lipinski definition) is 1. The van der Waals surface area contributed by atoms with E-state index in [1.165, 1.54) is 7.05 Å². The molecule has 0 bridgehead atoms. The van der Waals surface area contributed by atoms with Crippen molar-refractivity contribution < 1.29 is 18.0 Å². The molecular formula is C17H23ClN2O4S. The normalized spacial score (nSPS) is 15.8. The van der Waals surface area contributed by atoms with Crippen molar-refractivity contribution in [2.24, 2.45) is 0 Å². The number of nitrogens with zero attached hydrogens (tertiary/aromatic N) is 1. The average molecular weight is 387 g/mol. The number of benzene rings is 1. The molecule has 0 atom stereocenters. The van der Waals surface area contributed by atoms with E-state index in [2.05, 4.69) is 5.32 Å². The van der Waals surface area contributed by atoms with Gasteiger partial charge in [-0.05, 0) is 37.0 Å². The zero-order valence-electron chi connectivity index (χ0n) is 14.2. The van der Waals surface area contributed by atoms with Crippen LogP contribution in [0, 0.1) is 0 Å². The number of rotatable bonds is 6. The molecule has 6 nitrogen and oxygen atoms in total. The summed E-state index contributed by atoms with van der Waals surface area (Å²) in [6, 6.07) is 7.41. The molecule has 1 aromatic carbocycles. The highest BCUT2D eigenvalue weighted by Gasteiger charge is 2.32. The van der Waals surface area contributed by atoms with Gasteiger partial charge < -0.3 is 10.2 Å². The van der Waals surface area contributed by atoms with E-state index >= 15 is 0 Å². The summed E-state index contributed by atoms with van der Waals surface area (Å²) >= 11 is 5.93. The molecule has 1 saturated heterocycles. The second-order valence-corrected chi connectivity index (χ2v) is 8.91. The number of halogens is 1. The van der Waals surface area contributed by atoms with E-state index in [-0.39, 0.29) is 5.91 Å². The summed E-state index contributed by atoms with van der Waals surface area (Å²) in [7, 11) is -2.05. The Kier molecular flexibility index (Phi) is 6.84. The van der Waals surface area contributed by atoms with Gasteiger partial charge in [-0.2, -0.15) is 0 Å². The first kappa shape index (κ1) is 19.7. The highest BCUT2D eigenvalue weighted by molar-refractivity contribution is 7.92. The third kappa shape index (κ3) is 5.71. The molecule has 1 fully saturated rings. The van der Waals surface area contributed by atoms with Gasteiger partial charge >= 0.3 is 0 Å². The molecule has 1 aliphatic heterocycles. The zero-order chi connectivity index (χ0) is 18.4.